The molecule has 45 atom stereocenters. The van der Waals surface area contributed by atoms with Gasteiger partial charge >= 0.3 is 0 Å². The second-order valence-corrected chi connectivity index (χ2v) is 26.6. The van der Waals surface area contributed by atoms with Crippen molar-refractivity contribution in [3.05, 3.63) is 0 Å². The molecule has 0 saturated carbocycles. The molecule has 45 nitrogen and oxygen atoms in total. The molecule has 0 aliphatic carbocycles. The number of carbonyl (C=O) groups is 2. The van der Waals surface area contributed by atoms with E-state index in [0.29, 0.717) is 0 Å². The van der Waals surface area contributed by atoms with Crippen LogP contribution in [-0.2, 0) is 90.1 Å². The molecule has 9 aliphatic heterocycles. The van der Waals surface area contributed by atoms with Gasteiger partial charge in [-0.3, -0.25) is 9.59 Å². The second kappa shape index (κ2) is 36.0. The number of carbonyl (C=O) groups excluding carboxylic acids is 2. The largest absolute Gasteiger partial charge is 0.394 e. The molecule has 103 heavy (non-hydrogen) atoms. The Labute approximate surface area is 584 Å². The van der Waals surface area contributed by atoms with Crippen molar-refractivity contribution in [3.63, 3.8) is 0 Å². The van der Waals surface area contributed by atoms with Crippen molar-refractivity contribution < 1.29 is 213 Å². The van der Waals surface area contributed by atoms with E-state index in [1.165, 1.54) is 20.8 Å². The maximum atomic E-state index is 13.5. The van der Waals surface area contributed by atoms with Crippen molar-refractivity contribution in [3.8, 4) is 0 Å². The fourth-order valence-electron chi connectivity index (χ4n) is 13.6. The minimum absolute atomic E-state index is 0.936. The van der Waals surface area contributed by atoms with Crippen molar-refractivity contribution in [2.45, 2.75) is 311 Å². The highest BCUT2D eigenvalue weighted by atomic mass is 16.8. The van der Waals surface area contributed by atoms with Gasteiger partial charge in [-0.25, -0.2) is 0 Å². The Kier molecular flexibility index (Phi) is 29.5. The molecule has 0 bridgehead atoms. The van der Waals surface area contributed by atoms with Gasteiger partial charge in [0.1, 0.15) is 201 Å². The van der Waals surface area contributed by atoms with Gasteiger partial charge < -0.3 is 214 Å². The van der Waals surface area contributed by atoms with E-state index in [-0.39, 0.29) is 0 Å². The summed E-state index contributed by atoms with van der Waals surface area (Å²) in [5, 5.41) is 270. The normalized spacial score (nSPS) is 52.3. The van der Waals surface area contributed by atoms with Crippen LogP contribution in [0, 0.1) is 0 Å². The van der Waals surface area contributed by atoms with Crippen LogP contribution >= 0.6 is 0 Å². The Morgan fingerprint density at radius 1 is 0.252 bits per heavy atom. The van der Waals surface area contributed by atoms with Gasteiger partial charge in [0.25, 0.3) is 0 Å². The maximum Gasteiger partial charge on any atom is 0.217 e. The summed E-state index contributed by atoms with van der Waals surface area (Å²) in [4.78, 5) is 26.9. The first-order valence-corrected chi connectivity index (χ1v) is 33.2. The van der Waals surface area contributed by atoms with E-state index in [0.717, 1.165) is 13.8 Å². The Morgan fingerprint density at radius 3 is 0.883 bits per heavy atom. The Bertz CT molecular complexity index is 2660. The fraction of sp³-hybridized carbons (Fsp3) is 0.966. The van der Waals surface area contributed by atoms with Crippen molar-refractivity contribution in [2.75, 3.05) is 39.6 Å². The number of hydrogen-bond donors (Lipinski definition) is 26. The number of aliphatic hydroxyl groups is 24. The van der Waals surface area contributed by atoms with Gasteiger partial charge in [-0.1, -0.05) is 0 Å². The van der Waals surface area contributed by atoms with Crippen LogP contribution < -0.4 is 10.6 Å². The molecule has 9 aliphatic rings. The number of rotatable bonds is 24. The molecule has 598 valence electrons. The third-order valence-electron chi connectivity index (χ3n) is 19.5. The molecule has 9 rings (SSSR count). The summed E-state index contributed by atoms with van der Waals surface area (Å²) in [5.41, 5.74) is 0. The Hall–Kier alpha value is -2.70. The van der Waals surface area contributed by atoms with Gasteiger partial charge in [0.2, 0.25) is 11.8 Å². The quantitative estimate of drug-likeness (QED) is 0.0427. The summed E-state index contributed by atoms with van der Waals surface area (Å²) in [6.07, 6.45) is -86.2. The molecule has 0 radical (unpaired) electrons. The zero-order valence-corrected chi connectivity index (χ0v) is 55.7. The molecule has 26 N–H and O–H groups in total. The van der Waals surface area contributed by atoms with Crippen molar-refractivity contribution in [1.29, 1.82) is 0 Å². The lowest BCUT2D eigenvalue weighted by atomic mass is 9.93. The average molecular weight is 1510 g/mol. The van der Waals surface area contributed by atoms with Gasteiger partial charge in [-0.05, 0) is 20.8 Å². The standard InChI is InChI=1S/C58H98N2O43/c1-12-25(69)31(75)37(81)53(87-12)99-45-23(59-15(4)67)51(101-47-29(73)18(7-62)91-56(40(47)84)96-42-20(9-64)90-50(86)36(80)35(42)79)94-21(10-65)43(45)97-57-41(85)48(30(74)19(8-63)92-57)102-52-24(60-16(5)68)46(100-54-38(82)32(76)26(70)13(2)88-54)44(22(11-66)95-52)98-58-49(34(78)28(72)17(6-61)93-58)103-55-39(83)33(77)27(71)14(3)89-55/h12-14,17-58,61-66,69-86H,6-11H2,1-5H3,(H,59,67)(H,60,68)/t12?,13?,14?,17-,18?,19-,20?,21?,22?,23-,24-,25+,26+,27+,28-,29-,30-,31-,32-,33?,34?,35?,36-,37?,38?,39?,40-,41?,42+,43+,44+,45?,46?,47?,48?,49?,50+,51-,52-,53-,54-,55-,56-,57-,58-/m0/s1. The molecule has 9 fully saturated rings. The molecule has 45 heteroatoms. The van der Waals surface area contributed by atoms with Crippen LogP contribution in [0.25, 0.3) is 0 Å². The van der Waals surface area contributed by atoms with Gasteiger partial charge in [0, 0.05) is 13.8 Å². The minimum Gasteiger partial charge on any atom is -0.394 e. The molecular formula is C58H98N2O43. The van der Waals surface area contributed by atoms with Crippen molar-refractivity contribution >= 4 is 11.8 Å². The number of nitrogens with one attached hydrogen (secondary N) is 2. The van der Waals surface area contributed by atoms with Crippen molar-refractivity contribution in [1.82, 2.24) is 10.6 Å². The van der Waals surface area contributed by atoms with Gasteiger partial charge in [0.15, 0.2) is 56.6 Å². The van der Waals surface area contributed by atoms with Crippen molar-refractivity contribution in [2.24, 2.45) is 0 Å². The number of amides is 2. The van der Waals surface area contributed by atoms with Crippen LogP contribution in [0.15, 0.2) is 0 Å². The summed E-state index contributed by atoms with van der Waals surface area (Å²) >= 11 is 0. The van der Waals surface area contributed by atoms with Gasteiger partial charge in [-0.2, -0.15) is 0 Å². The van der Waals surface area contributed by atoms with Crippen LogP contribution in [0.2, 0.25) is 0 Å². The van der Waals surface area contributed by atoms with E-state index < -0.39 is 328 Å². The molecular weight excluding hydrogens is 1410 g/mol. The lowest BCUT2D eigenvalue weighted by molar-refractivity contribution is -0.404. The van der Waals surface area contributed by atoms with Crippen LogP contribution in [0.4, 0.5) is 0 Å². The maximum absolute atomic E-state index is 13.5. The molecule has 9 saturated heterocycles. The number of aliphatic hydroxyl groups excluding tert-OH is 24. The van der Waals surface area contributed by atoms with Gasteiger partial charge in [-0.15, -0.1) is 0 Å². The Balaban J connectivity index is 1.06. The molecule has 19 unspecified atom stereocenters. The lowest BCUT2D eigenvalue weighted by Gasteiger charge is -2.53. The summed E-state index contributed by atoms with van der Waals surface area (Å²) in [5.74, 6) is -1.98. The van der Waals surface area contributed by atoms with Crippen LogP contribution in [-0.4, -0.2) is 450 Å². The van der Waals surface area contributed by atoms with Crippen LogP contribution in [0.1, 0.15) is 34.6 Å². The summed E-state index contributed by atoms with van der Waals surface area (Å²) in [6.45, 7) is -1.11. The van der Waals surface area contributed by atoms with E-state index >= 15 is 0 Å². The van der Waals surface area contributed by atoms with Crippen LogP contribution in [0.3, 0.4) is 0 Å². The molecule has 0 aromatic carbocycles. The minimum atomic E-state index is -2.48. The molecule has 9 heterocycles. The van der Waals surface area contributed by atoms with E-state index in [1.807, 2.05) is 0 Å². The second-order valence-electron chi connectivity index (χ2n) is 26.6. The first-order valence-electron chi connectivity index (χ1n) is 33.2. The predicted octanol–water partition coefficient (Wildman–Crippen LogP) is -17.3. The molecule has 0 spiro atoms. The zero-order chi connectivity index (χ0) is 75.8. The zero-order valence-electron chi connectivity index (χ0n) is 55.7. The van der Waals surface area contributed by atoms with Gasteiger partial charge in [0.05, 0.1) is 58.0 Å². The number of ether oxygens (including phenoxy) is 17. The van der Waals surface area contributed by atoms with Crippen LogP contribution in [0.5, 0.6) is 0 Å². The first kappa shape index (κ1) is 84.3. The third kappa shape index (κ3) is 17.9. The highest BCUT2D eigenvalue weighted by molar-refractivity contribution is 5.73. The van der Waals surface area contributed by atoms with E-state index in [4.69, 9.17) is 80.5 Å². The Morgan fingerprint density at radius 2 is 0.524 bits per heavy atom. The predicted molar refractivity (Wildman–Crippen MR) is 316 cm³/mol. The summed E-state index contributed by atoms with van der Waals surface area (Å²) < 4.78 is 102. The lowest BCUT2D eigenvalue weighted by Crippen LogP contribution is -2.72. The van der Waals surface area contributed by atoms with E-state index in [9.17, 15) is 132 Å². The number of hydrogen-bond acceptors (Lipinski definition) is 43. The fourth-order valence-corrected chi connectivity index (χ4v) is 13.6. The van der Waals surface area contributed by atoms with E-state index in [2.05, 4.69) is 10.6 Å². The third-order valence-corrected chi connectivity index (χ3v) is 19.5. The molecule has 2 amide bonds. The molecule has 0 aromatic rings. The SMILES string of the molecule is CC(=O)N[C@H]1C(O[C@@H]2OC(C)[C@@H](O)[C@H](O)C2O)[C@H](O[C@@H]2O[C@@H](CO)[C@H](O)C(O)C2O[C@@H]2OC(C)[C@@H](O)C(O)C2O)C(CO)O[C@H]1OC1C(O)[C@H](O[C@@H]2C(CO)O[C@@H](OC3[C@@H](O)C(CO)O[C@@H](O[C@@H]4C(CO)O[C@@H](O)[C@@H](O)C4O)[C@H]3O)[C@@H](NC(C)=O)C2O[C@@H]2OC(C)[C@@H](O)[C@H](O)C2O)O[C@@H](CO)[C@@H]1O. The average Bonchev–Trinajstić information content (AvgIpc) is 0.760. The smallest absolute Gasteiger partial charge is 0.217 e. The topological polar surface area (TPSA) is 701 Å². The summed E-state index contributed by atoms with van der Waals surface area (Å²) in [7, 11) is 0. The highest BCUT2D eigenvalue weighted by Gasteiger charge is 2.62. The highest BCUT2D eigenvalue weighted by Crippen LogP contribution is 2.41. The monoisotopic (exact) mass is 1510 g/mol. The molecule has 0 aromatic heterocycles. The van der Waals surface area contributed by atoms with E-state index in [1.54, 1.807) is 0 Å². The summed E-state index contributed by atoms with van der Waals surface area (Å²) in [6, 6.07) is -4.02. The first-order chi connectivity index (χ1) is 48.6.